The number of amides is 1. The van der Waals surface area contributed by atoms with Crippen molar-refractivity contribution in [3.63, 3.8) is 0 Å². The van der Waals surface area contributed by atoms with Gasteiger partial charge in [0.2, 0.25) is 0 Å². The third kappa shape index (κ3) is 7.24. The van der Waals surface area contributed by atoms with Crippen molar-refractivity contribution in [3.05, 3.63) is 65.2 Å². The van der Waals surface area contributed by atoms with Crippen LogP contribution in [0.4, 0.5) is 4.79 Å². The van der Waals surface area contributed by atoms with Crippen molar-refractivity contribution in [2.75, 3.05) is 13.7 Å². The van der Waals surface area contributed by atoms with Crippen LogP contribution >= 0.6 is 0 Å². The van der Waals surface area contributed by atoms with E-state index in [0.717, 1.165) is 23.5 Å². The number of carboxylic acid groups (broad SMARTS) is 1. The standard InChI is InChI=1S/C26H36N2O4/c1-32-23-12-6-11-22(15-23)17-28(26(30)31)18-25(29)24(27)16-21-10-5-9-20(14-21)13-19-7-3-2-4-8-19/h5-6,9-12,14-15,19,24-25,29H,2-4,7-8,13,16-18,27H2,1H3,(H,30,31)/t24-,25+/m0/s1. The molecule has 2 aromatic rings. The largest absolute Gasteiger partial charge is 0.497 e. The molecule has 4 N–H and O–H groups in total. The van der Waals surface area contributed by atoms with Gasteiger partial charge in [0.1, 0.15) is 5.75 Å². The summed E-state index contributed by atoms with van der Waals surface area (Å²) in [5, 5.41) is 20.3. The molecule has 0 aromatic heterocycles. The second kappa shape index (κ2) is 11.9. The molecule has 0 heterocycles. The molecule has 0 spiro atoms. The van der Waals surface area contributed by atoms with Gasteiger partial charge in [0, 0.05) is 12.6 Å². The predicted molar refractivity (Wildman–Crippen MR) is 126 cm³/mol. The Morgan fingerprint density at radius 3 is 2.50 bits per heavy atom. The van der Waals surface area contributed by atoms with Gasteiger partial charge >= 0.3 is 6.09 Å². The van der Waals surface area contributed by atoms with Crippen molar-refractivity contribution in [1.82, 2.24) is 4.90 Å². The average molecular weight is 441 g/mol. The van der Waals surface area contributed by atoms with Crippen molar-refractivity contribution in [2.45, 2.75) is 63.6 Å². The molecule has 0 bridgehead atoms. The van der Waals surface area contributed by atoms with E-state index in [1.54, 1.807) is 13.2 Å². The first kappa shape index (κ1) is 24.1. The summed E-state index contributed by atoms with van der Waals surface area (Å²) in [4.78, 5) is 12.9. The first-order chi connectivity index (χ1) is 15.4. The van der Waals surface area contributed by atoms with Crippen LogP contribution in [-0.2, 0) is 19.4 Å². The van der Waals surface area contributed by atoms with E-state index in [0.29, 0.717) is 12.2 Å². The Kier molecular flexibility index (Phi) is 8.94. The SMILES string of the molecule is COc1cccc(CN(C[C@@H](O)[C@@H](N)Cc2cccc(CC3CCCCC3)c2)C(=O)O)c1. The highest BCUT2D eigenvalue weighted by molar-refractivity contribution is 5.65. The molecule has 0 aliphatic heterocycles. The van der Waals surface area contributed by atoms with Crippen molar-refractivity contribution in [1.29, 1.82) is 0 Å². The van der Waals surface area contributed by atoms with Crippen LogP contribution < -0.4 is 10.5 Å². The molecule has 3 rings (SSSR count). The zero-order valence-electron chi connectivity index (χ0n) is 19.0. The lowest BCUT2D eigenvalue weighted by molar-refractivity contribution is 0.0795. The van der Waals surface area contributed by atoms with Crippen molar-refractivity contribution < 1.29 is 19.7 Å². The minimum atomic E-state index is -1.09. The lowest BCUT2D eigenvalue weighted by atomic mass is 9.84. The Bertz CT molecular complexity index is 866. The number of hydrogen-bond acceptors (Lipinski definition) is 4. The van der Waals surface area contributed by atoms with Crippen LogP contribution in [0.25, 0.3) is 0 Å². The maximum atomic E-state index is 11.8. The summed E-state index contributed by atoms with van der Waals surface area (Å²) in [6.07, 6.45) is 6.18. The van der Waals surface area contributed by atoms with Gasteiger partial charge in [-0.2, -0.15) is 0 Å². The van der Waals surface area contributed by atoms with E-state index in [2.05, 4.69) is 18.2 Å². The van der Waals surface area contributed by atoms with Gasteiger partial charge in [-0.15, -0.1) is 0 Å². The zero-order valence-corrected chi connectivity index (χ0v) is 19.0. The van der Waals surface area contributed by atoms with Gasteiger partial charge in [0.15, 0.2) is 0 Å². The minimum absolute atomic E-state index is 0.0462. The molecule has 1 aliphatic rings. The van der Waals surface area contributed by atoms with E-state index in [9.17, 15) is 15.0 Å². The van der Waals surface area contributed by atoms with Gasteiger partial charge in [0.05, 0.1) is 19.8 Å². The van der Waals surface area contributed by atoms with Crippen LogP contribution in [0, 0.1) is 5.92 Å². The quantitative estimate of drug-likeness (QED) is 0.514. The van der Waals surface area contributed by atoms with E-state index in [1.807, 2.05) is 24.3 Å². The maximum Gasteiger partial charge on any atom is 0.407 e. The molecule has 6 heteroatoms. The molecule has 1 saturated carbocycles. The number of aliphatic hydroxyl groups excluding tert-OH is 1. The number of aliphatic hydroxyl groups is 1. The fourth-order valence-corrected chi connectivity index (χ4v) is 4.58. The number of nitrogens with two attached hydrogens (primary N) is 1. The van der Waals surface area contributed by atoms with Gasteiger partial charge < -0.3 is 25.6 Å². The van der Waals surface area contributed by atoms with E-state index < -0.39 is 18.2 Å². The van der Waals surface area contributed by atoms with Crippen LogP contribution in [0.3, 0.4) is 0 Å². The number of methoxy groups -OCH3 is 1. The lowest BCUT2D eigenvalue weighted by Gasteiger charge is -2.26. The summed E-state index contributed by atoms with van der Waals surface area (Å²) in [6.45, 7) is 0.114. The molecule has 6 nitrogen and oxygen atoms in total. The molecular formula is C26H36N2O4. The van der Waals surface area contributed by atoms with E-state index in [1.165, 1.54) is 42.6 Å². The maximum absolute atomic E-state index is 11.8. The molecule has 2 aromatic carbocycles. The smallest absolute Gasteiger partial charge is 0.407 e. The second-order valence-corrected chi connectivity index (χ2v) is 8.98. The first-order valence-electron chi connectivity index (χ1n) is 11.6. The number of hydrogen-bond donors (Lipinski definition) is 3. The topological polar surface area (TPSA) is 96.0 Å². The molecule has 1 amide bonds. The number of nitrogens with zero attached hydrogens (tertiary/aromatic N) is 1. The Morgan fingerprint density at radius 1 is 1.09 bits per heavy atom. The molecule has 1 aliphatic carbocycles. The lowest BCUT2D eigenvalue weighted by Crippen LogP contribution is -2.46. The third-order valence-corrected chi connectivity index (χ3v) is 6.39. The molecule has 0 saturated heterocycles. The van der Waals surface area contributed by atoms with E-state index in [-0.39, 0.29) is 13.1 Å². The van der Waals surface area contributed by atoms with Crippen molar-refractivity contribution in [3.8, 4) is 5.75 Å². The van der Waals surface area contributed by atoms with Crippen LogP contribution in [0.15, 0.2) is 48.5 Å². The van der Waals surface area contributed by atoms with Gasteiger partial charge in [-0.3, -0.25) is 0 Å². The highest BCUT2D eigenvalue weighted by Gasteiger charge is 2.23. The summed E-state index contributed by atoms with van der Waals surface area (Å²) >= 11 is 0. The fraction of sp³-hybridized carbons (Fsp3) is 0.500. The van der Waals surface area contributed by atoms with Crippen molar-refractivity contribution in [2.24, 2.45) is 11.7 Å². The summed E-state index contributed by atoms with van der Waals surface area (Å²) in [5.74, 6) is 1.43. The molecule has 2 atom stereocenters. The zero-order chi connectivity index (χ0) is 22.9. The first-order valence-corrected chi connectivity index (χ1v) is 11.6. The summed E-state index contributed by atoms with van der Waals surface area (Å²) in [6, 6.07) is 15.1. The fourth-order valence-electron chi connectivity index (χ4n) is 4.58. The van der Waals surface area contributed by atoms with E-state index >= 15 is 0 Å². The summed E-state index contributed by atoms with van der Waals surface area (Å²) < 4.78 is 5.20. The molecule has 1 fully saturated rings. The van der Waals surface area contributed by atoms with E-state index in [4.69, 9.17) is 10.5 Å². The number of ether oxygens (including phenoxy) is 1. The molecular weight excluding hydrogens is 404 g/mol. The van der Waals surface area contributed by atoms with Gasteiger partial charge in [-0.1, -0.05) is 68.5 Å². The molecule has 32 heavy (non-hydrogen) atoms. The van der Waals surface area contributed by atoms with Crippen LogP contribution in [0.5, 0.6) is 5.75 Å². The monoisotopic (exact) mass is 440 g/mol. The Morgan fingerprint density at radius 2 is 1.78 bits per heavy atom. The normalized spacial score (nSPS) is 16.3. The summed E-state index contributed by atoms with van der Waals surface area (Å²) in [7, 11) is 1.57. The molecule has 174 valence electrons. The highest BCUT2D eigenvalue weighted by atomic mass is 16.5. The van der Waals surface area contributed by atoms with Gasteiger partial charge in [0.25, 0.3) is 0 Å². The summed E-state index contributed by atoms with van der Waals surface area (Å²) in [5.41, 5.74) is 9.48. The number of carbonyl (C=O) groups is 1. The van der Waals surface area contributed by atoms with Crippen molar-refractivity contribution >= 4 is 6.09 Å². The molecule has 0 radical (unpaired) electrons. The third-order valence-electron chi connectivity index (χ3n) is 6.39. The number of rotatable bonds is 10. The average Bonchev–Trinajstić information content (AvgIpc) is 2.79. The number of benzene rings is 2. The Hall–Kier alpha value is -2.57. The minimum Gasteiger partial charge on any atom is -0.497 e. The van der Waals surface area contributed by atoms with Crippen LogP contribution in [0.1, 0.15) is 48.8 Å². The Balaban J connectivity index is 1.57. The van der Waals surface area contributed by atoms with Gasteiger partial charge in [-0.05, 0) is 47.6 Å². The van der Waals surface area contributed by atoms with Crippen LogP contribution in [-0.4, -0.2) is 47.0 Å². The second-order valence-electron chi connectivity index (χ2n) is 8.98. The molecule has 0 unspecified atom stereocenters. The van der Waals surface area contributed by atoms with Gasteiger partial charge in [-0.25, -0.2) is 4.79 Å². The highest BCUT2D eigenvalue weighted by Crippen LogP contribution is 2.27. The Labute approximate surface area is 191 Å². The predicted octanol–water partition coefficient (Wildman–Crippen LogP) is 4.23. The van der Waals surface area contributed by atoms with Crippen LogP contribution in [0.2, 0.25) is 0 Å².